The Morgan fingerprint density at radius 3 is 1.71 bits per heavy atom. The number of hydrogen-bond donors (Lipinski definition) is 10. The van der Waals surface area contributed by atoms with E-state index in [0.717, 1.165) is 0 Å². The van der Waals surface area contributed by atoms with E-state index in [9.17, 15) is 38.4 Å². The molecule has 0 aliphatic carbocycles. The van der Waals surface area contributed by atoms with Gasteiger partial charge in [-0.1, -0.05) is 18.2 Å². The van der Waals surface area contributed by atoms with Crippen molar-refractivity contribution < 1.29 is 43.5 Å². The molecule has 0 fully saturated rings. The van der Waals surface area contributed by atoms with Gasteiger partial charge in [0.05, 0.1) is 0 Å². The first-order chi connectivity index (χ1) is 22.5. The van der Waals surface area contributed by atoms with E-state index in [4.69, 9.17) is 22.3 Å². The zero-order valence-electron chi connectivity index (χ0n) is 26.9. The highest BCUT2D eigenvalue weighted by Gasteiger charge is 2.29. The Balaban J connectivity index is 2.88. The zero-order valence-corrected chi connectivity index (χ0v) is 26.9. The van der Waals surface area contributed by atoms with E-state index in [1.807, 2.05) is 0 Å². The molecule has 7 amide bonds. The van der Waals surface area contributed by atoms with Crippen molar-refractivity contribution in [2.45, 2.75) is 76.7 Å². The molecule has 0 saturated heterocycles. The van der Waals surface area contributed by atoms with Crippen molar-refractivity contribution in [3.05, 3.63) is 35.9 Å². The molecule has 19 heteroatoms. The van der Waals surface area contributed by atoms with Crippen LogP contribution in [0, 0.1) is 0 Å². The largest absolute Gasteiger partial charge is 0.480 e. The number of guanidine groups is 1. The van der Waals surface area contributed by atoms with Crippen molar-refractivity contribution in [2.75, 3.05) is 13.1 Å². The van der Waals surface area contributed by atoms with E-state index in [1.54, 1.807) is 18.2 Å². The molecule has 1 aromatic carbocycles. The summed E-state index contributed by atoms with van der Waals surface area (Å²) in [6.07, 6.45) is -0.111. The van der Waals surface area contributed by atoms with Gasteiger partial charge in [0.1, 0.15) is 36.8 Å². The van der Waals surface area contributed by atoms with E-state index < -0.39 is 84.1 Å². The third-order valence-corrected chi connectivity index (χ3v) is 6.59. The number of primary amides is 1. The van der Waals surface area contributed by atoms with E-state index in [-0.39, 0.29) is 43.8 Å². The molecule has 13 N–H and O–H groups in total. The monoisotopic (exact) mass is 676 g/mol. The molecule has 0 aromatic heterocycles. The molecule has 0 radical (unpaired) electrons. The average Bonchev–Trinajstić information content (AvgIpc) is 3.02. The van der Waals surface area contributed by atoms with Gasteiger partial charge in [0.15, 0.2) is 5.96 Å². The quantitative estimate of drug-likeness (QED) is 0.0364. The van der Waals surface area contributed by atoms with Crippen LogP contribution in [0.25, 0.3) is 0 Å². The van der Waals surface area contributed by atoms with Gasteiger partial charge >= 0.3 is 5.97 Å². The number of amides is 7. The van der Waals surface area contributed by atoms with Gasteiger partial charge in [0, 0.05) is 18.5 Å². The molecular weight excluding hydrogens is 632 g/mol. The molecule has 1 aromatic rings. The lowest BCUT2D eigenvalue weighted by atomic mass is 10.1. The molecule has 264 valence electrons. The molecule has 0 unspecified atom stereocenters. The lowest BCUT2D eigenvalue weighted by molar-refractivity contribution is -0.138. The standard InChI is InChI=1S/C29H44N10O9/c1-15(23(43)34-14-22(41)42)36-27(47)19(10-7-13-33-29(31)32)38-25(45)17(3)35-24(44)16(2)37-28(48)20(11-12-21(30)40)39-26(46)18-8-5-4-6-9-18/h4-6,8-9,15-17,19-20H,7,10-14H2,1-3H3,(H2,30,40)(H,34,43)(H,35,44)(H,36,47)(H,37,48)(H,38,45)(H,39,46)(H,41,42)(H4,31,32,33)/t15-,16-,17-,19-,20-/m0/s1. The molecular formula is C29H44N10O9. The minimum Gasteiger partial charge on any atom is -0.480 e. The number of aliphatic carboxylic acids is 1. The fourth-order valence-corrected chi connectivity index (χ4v) is 3.93. The summed E-state index contributed by atoms with van der Waals surface area (Å²) in [7, 11) is 0. The second kappa shape index (κ2) is 20.4. The van der Waals surface area contributed by atoms with E-state index in [0.29, 0.717) is 0 Å². The molecule has 19 nitrogen and oxygen atoms in total. The number of aliphatic imine (C=N–C) groups is 1. The van der Waals surface area contributed by atoms with Crippen LogP contribution in [0.15, 0.2) is 35.3 Å². The number of nitrogens with zero attached hydrogens (tertiary/aromatic N) is 1. The van der Waals surface area contributed by atoms with Crippen LogP contribution >= 0.6 is 0 Å². The van der Waals surface area contributed by atoms with Crippen LogP contribution in [-0.2, 0) is 33.6 Å². The number of carboxylic acid groups (broad SMARTS) is 1. The minimum absolute atomic E-state index is 0.0202. The highest BCUT2D eigenvalue weighted by atomic mass is 16.4. The average molecular weight is 677 g/mol. The molecule has 0 heterocycles. The van der Waals surface area contributed by atoms with Crippen LogP contribution in [0.1, 0.15) is 56.8 Å². The van der Waals surface area contributed by atoms with Gasteiger partial charge in [0.2, 0.25) is 35.4 Å². The first kappa shape index (κ1) is 40.3. The fourth-order valence-electron chi connectivity index (χ4n) is 3.93. The Morgan fingerprint density at radius 2 is 1.19 bits per heavy atom. The predicted octanol–water partition coefficient (Wildman–Crippen LogP) is -3.70. The van der Waals surface area contributed by atoms with Crippen molar-refractivity contribution in [1.29, 1.82) is 0 Å². The van der Waals surface area contributed by atoms with E-state index in [2.05, 4.69) is 36.9 Å². The number of nitrogens with two attached hydrogens (primary N) is 3. The van der Waals surface area contributed by atoms with Crippen LogP contribution in [0.5, 0.6) is 0 Å². The number of benzene rings is 1. The topological polar surface area (TPSA) is 319 Å². The van der Waals surface area contributed by atoms with Gasteiger partial charge in [-0.15, -0.1) is 0 Å². The Hall–Kier alpha value is -5.75. The van der Waals surface area contributed by atoms with Crippen molar-refractivity contribution >= 4 is 53.3 Å². The highest BCUT2D eigenvalue weighted by molar-refractivity contribution is 5.99. The van der Waals surface area contributed by atoms with Crippen molar-refractivity contribution in [2.24, 2.45) is 22.2 Å². The smallest absolute Gasteiger partial charge is 0.322 e. The van der Waals surface area contributed by atoms with Gasteiger partial charge < -0.3 is 54.2 Å². The van der Waals surface area contributed by atoms with Gasteiger partial charge in [-0.3, -0.25) is 43.3 Å². The highest BCUT2D eigenvalue weighted by Crippen LogP contribution is 2.05. The number of rotatable bonds is 20. The summed E-state index contributed by atoms with van der Waals surface area (Å²) in [5.41, 5.74) is 16.1. The number of nitrogens with one attached hydrogen (secondary N) is 6. The molecule has 0 saturated carbocycles. The summed E-state index contributed by atoms with van der Waals surface area (Å²) in [4.78, 5) is 102. The number of carbonyl (C=O) groups is 8. The Bertz CT molecular complexity index is 1350. The Morgan fingerprint density at radius 1 is 0.688 bits per heavy atom. The fraction of sp³-hybridized carbons (Fsp3) is 0.483. The Labute approximate surface area is 276 Å². The molecule has 5 atom stereocenters. The van der Waals surface area contributed by atoms with Crippen molar-refractivity contribution in [3.63, 3.8) is 0 Å². The molecule has 1 rings (SSSR count). The van der Waals surface area contributed by atoms with Crippen LogP contribution in [0.3, 0.4) is 0 Å². The van der Waals surface area contributed by atoms with Crippen molar-refractivity contribution in [3.8, 4) is 0 Å². The predicted molar refractivity (Wildman–Crippen MR) is 171 cm³/mol. The minimum atomic E-state index is -1.28. The molecule has 0 bridgehead atoms. The lowest BCUT2D eigenvalue weighted by Crippen LogP contribution is -2.58. The lowest BCUT2D eigenvalue weighted by Gasteiger charge is -2.24. The second-order valence-electron chi connectivity index (χ2n) is 10.7. The first-order valence-electron chi connectivity index (χ1n) is 14.9. The maximum atomic E-state index is 13.0. The number of carbonyl (C=O) groups excluding carboxylic acids is 7. The number of carboxylic acids is 1. The summed E-state index contributed by atoms with van der Waals surface area (Å²) in [6.45, 7) is 3.43. The summed E-state index contributed by atoms with van der Waals surface area (Å²) in [6, 6.07) is 2.01. The SMILES string of the molecule is C[C@H](NC(=O)[C@H](C)NC(=O)[C@H](CCC(N)=O)NC(=O)c1ccccc1)C(=O)N[C@@H](CCCN=C(N)N)C(=O)N[C@@H](C)C(=O)NCC(=O)O. The third kappa shape index (κ3) is 15.5. The van der Waals surface area contributed by atoms with Gasteiger partial charge in [-0.25, -0.2) is 0 Å². The normalized spacial score (nSPS) is 13.6. The summed E-state index contributed by atoms with van der Waals surface area (Å²) >= 11 is 0. The van der Waals surface area contributed by atoms with Crippen LogP contribution < -0.4 is 49.1 Å². The maximum absolute atomic E-state index is 13.0. The van der Waals surface area contributed by atoms with E-state index in [1.165, 1.54) is 32.9 Å². The molecule has 0 aliphatic rings. The third-order valence-electron chi connectivity index (χ3n) is 6.59. The molecule has 0 spiro atoms. The van der Waals surface area contributed by atoms with E-state index >= 15 is 0 Å². The Kier molecular flexibility index (Phi) is 17.1. The van der Waals surface area contributed by atoms with Gasteiger partial charge in [-0.05, 0) is 52.2 Å². The van der Waals surface area contributed by atoms with Crippen LogP contribution in [-0.4, -0.2) is 102 Å². The van der Waals surface area contributed by atoms with Crippen LogP contribution in [0.2, 0.25) is 0 Å². The number of hydrogen-bond acceptors (Lipinski definition) is 9. The van der Waals surface area contributed by atoms with Crippen molar-refractivity contribution in [1.82, 2.24) is 31.9 Å². The first-order valence-corrected chi connectivity index (χ1v) is 14.9. The second-order valence-corrected chi connectivity index (χ2v) is 10.7. The summed E-state index contributed by atoms with van der Waals surface area (Å²) < 4.78 is 0. The van der Waals surface area contributed by atoms with Gasteiger partial charge in [0.25, 0.3) is 5.91 Å². The molecule has 0 aliphatic heterocycles. The van der Waals surface area contributed by atoms with Gasteiger partial charge in [-0.2, -0.15) is 0 Å². The maximum Gasteiger partial charge on any atom is 0.322 e. The molecule has 48 heavy (non-hydrogen) atoms. The van der Waals surface area contributed by atoms with Crippen LogP contribution in [0.4, 0.5) is 0 Å². The summed E-state index contributed by atoms with van der Waals surface area (Å²) in [5.74, 6) is -6.66. The zero-order chi connectivity index (χ0) is 36.4. The summed E-state index contributed by atoms with van der Waals surface area (Å²) in [5, 5.41) is 23.1.